The largest absolute Gasteiger partial charge is 0.490 e. The van der Waals surface area contributed by atoms with E-state index in [9.17, 15) is 22.8 Å². The highest BCUT2D eigenvalue weighted by atomic mass is 19.3. The maximum absolute atomic E-state index is 15.0. The zero-order chi connectivity index (χ0) is 25.5. The lowest BCUT2D eigenvalue weighted by molar-refractivity contribution is 0.0136. The van der Waals surface area contributed by atoms with E-state index >= 15 is 0 Å². The quantitative estimate of drug-likeness (QED) is 0.562. The molecule has 8 nitrogen and oxygen atoms in total. The first-order chi connectivity index (χ1) is 16.5. The number of methoxy groups -OCH3 is 1. The predicted octanol–water partition coefficient (Wildman–Crippen LogP) is 3.88. The fourth-order valence-corrected chi connectivity index (χ4v) is 4.45. The summed E-state index contributed by atoms with van der Waals surface area (Å²) in [5.41, 5.74) is -1.68. The molecule has 3 heterocycles. The van der Waals surface area contributed by atoms with Gasteiger partial charge in [0.15, 0.2) is 11.6 Å². The van der Waals surface area contributed by atoms with Gasteiger partial charge in [0.1, 0.15) is 11.2 Å². The second kappa shape index (κ2) is 9.37. The van der Waals surface area contributed by atoms with Gasteiger partial charge in [-0.1, -0.05) is 18.2 Å². The summed E-state index contributed by atoms with van der Waals surface area (Å²) in [6.45, 7) is 3.22. The third-order valence-corrected chi connectivity index (χ3v) is 6.32. The van der Waals surface area contributed by atoms with Crippen LogP contribution in [0.2, 0.25) is 0 Å². The maximum atomic E-state index is 15.0. The monoisotopic (exact) mass is 492 g/mol. The number of halogens is 3. The van der Waals surface area contributed by atoms with Crippen molar-refractivity contribution in [2.45, 2.75) is 44.7 Å². The lowest BCUT2D eigenvalue weighted by Gasteiger charge is -2.26. The molecule has 0 radical (unpaired) electrons. The van der Waals surface area contributed by atoms with Gasteiger partial charge in [-0.3, -0.25) is 9.59 Å². The van der Waals surface area contributed by atoms with Crippen molar-refractivity contribution in [3.8, 4) is 5.75 Å². The molecule has 0 amide bonds. The van der Waals surface area contributed by atoms with Crippen molar-refractivity contribution >= 4 is 16.6 Å². The van der Waals surface area contributed by atoms with Crippen LogP contribution in [0.1, 0.15) is 49.9 Å². The summed E-state index contributed by atoms with van der Waals surface area (Å²) in [5.74, 6) is -4.31. The van der Waals surface area contributed by atoms with Crippen molar-refractivity contribution < 1.29 is 22.6 Å². The maximum Gasteiger partial charge on any atom is 0.294 e. The Hall–Kier alpha value is -3.34. The van der Waals surface area contributed by atoms with Crippen LogP contribution >= 0.6 is 0 Å². The van der Waals surface area contributed by atoms with Crippen LogP contribution in [0.5, 0.6) is 5.75 Å². The first-order valence-electron chi connectivity index (χ1n) is 11.3. The third-order valence-electron chi connectivity index (χ3n) is 6.32. The minimum absolute atomic E-state index is 0.0116. The van der Waals surface area contributed by atoms with E-state index in [2.05, 4.69) is 10.4 Å². The van der Waals surface area contributed by atoms with Crippen molar-refractivity contribution in [2.75, 3.05) is 25.6 Å². The molecular weight excluding hydrogens is 465 g/mol. The molecular formula is C24H27F3N4O4. The summed E-state index contributed by atoms with van der Waals surface area (Å²) < 4.78 is 56.0. The van der Waals surface area contributed by atoms with E-state index < -0.39 is 34.5 Å². The number of fused-ring (bicyclic) bond motifs is 1. The van der Waals surface area contributed by atoms with E-state index in [1.807, 2.05) is 0 Å². The number of aryl methyl sites for hydroxylation is 1. The topological polar surface area (TPSA) is 87.4 Å². The lowest BCUT2D eigenvalue weighted by atomic mass is 10.0. The number of nitrogens with one attached hydrogen (secondary N) is 1. The fourth-order valence-electron chi connectivity index (χ4n) is 4.45. The van der Waals surface area contributed by atoms with Crippen molar-refractivity contribution in [3.05, 3.63) is 62.0 Å². The smallest absolute Gasteiger partial charge is 0.294 e. The molecule has 188 valence electrons. The molecule has 35 heavy (non-hydrogen) atoms. The van der Waals surface area contributed by atoms with Crippen molar-refractivity contribution in [2.24, 2.45) is 7.05 Å². The average Bonchev–Trinajstić information content (AvgIpc) is 2.81. The standard InChI is InChI=1S/C24H27F3N4O4/c1-13(15-6-5-7-17(19(15)25)24(2,26)27)28-21-16-12-31(14-8-10-35-11-9-14)23(33)20(34-4)18(16)22(32)30(3)29-21/h5-7,12-14H,8-11H2,1-4H3,(H,28,29). The lowest BCUT2D eigenvalue weighted by Crippen LogP contribution is -2.32. The highest BCUT2D eigenvalue weighted by Gasteiger charge is 2.31. The molecule has 1 aromatic carbocycles. The molecule has 1 unspecified atom stereocenters. The molecule has 1 atom stereocenters. The summed E-state index contributed by atoms with van der Waals surface area (Å²) >= 11 is 0. The van der Waals surface area contributed by atoms with E-state index in [4.69, 9.17) is 9.47 Å². The molecule has 1 N–H and O–H groups in total. The number of anilines is 1. The highest BCUT2D eigenvalue weighted by Crippen LogP contribution is 2.34. The molecule has 11 heteroatoms. The van der Waals surface area contributed by atoms with Crippen LogP contribution in [0.4, 0.5) is 19.0 Å². The first kappa shape index (κ1) is 24.8. The van der Waals surface area contributed by atoms with Crippen LogP contribution in [0.15, 0.2) is 34.0 Å². The zero-order valence-corrected chi connectivity index (χ0v) is 19.9. The van der Waals surface area contributed by atoms with Crippen LogP contribution in [-0.2, 0) is 17.7 Å². The number of pyridine rings is 1. The molecule has 4 rings (SSSR count). The number of hydrogen-bond donors (Lipinski definition) is 1. The Balaban J connectivity index is 1.87. The van der Waals surface area contributed by atoms with Crippen LogP contribution in [0.25, 0.3) is 10.8 Å². The van der Waals surface area contributed by atoms with Gasteiger partial charge in [0.2, 0.25) is 0 Å². The number of aromatic nitrogens is 3. The van der Waals surface area contributed by atoms with Crippen molar-refractivity contribution in [1.29, 1.82) is 0 Å². The van der Waals surface area contributed by atoms with Crippen LogP contribution in [0, 0.1) is 5.82 Å². The summed E-state index contributed by atoms with van der Waals surface area (Å²) in [6.07, 6.45) is 2.76. The second-order valence-corrected chi connectivity index (χ2v) is 8.75. The Kier molecular flexibility index (Phi) is 6.63. The Morgan fingerprint density at radius 2 is 1.91 bits per heavy atom. The predicted molar refractivity (Wildman–Crippen MR) is 125 cm³/mol. The number of rotatable bonds is 6. The normalized spacial score (nSPS) is 15.9. The van der Waals surface area contributed by atoms with Gasteiger partial charge >= 0.3 is 0 Å². The summed E-state index contributed by atoms with van der Waals surface area (Å²) in [4.78, 5) is 26.1. The zero-order valence-electron chi connectivity index (χ0n) is 19.9. The van der Waals surface area contributed by atoms with Gasteiger partial charge in [-0.15, -0.1) is 0 Å². The van der Waals surface area contributed by atoms with E-state index in [1.165, 1.54) is 30.9 Å². The van der Waals surface area contributed by atoms with Crippen LogP contribution < -0.4 is 21.2 Å². The second-order valence-electron chi connectivity index (χ2n) is 8.75. The van der Waals surface area contributed by atoms with E-state index in [0.29, 0.717) is 38.4 Å². The summed E-state index contributed by atoms with van der Waals surface area (Å²) in [5, 5.41) is 7.66. The van der Waals surface area contributed by atoms with Gasteiger partial charge in [0.25, 0.3) is 17.0 Å². The molecule has 1 saturated heterocycles. The highest BCUT2D eigenvalue weighted by molar-refractivity contribution is 5.94. The summed E-state index contributed by atoms with van der Waals surface area (Å²) in [7, 11) is 2.73. The van der Waals surface area contributed by atoms with Gasteiger partial charge < -0.3 is 19.4 Å². The van der Waals surface area contributed by atoms with E-state index in [1.54, 1.807) is 13.1 Å². The average molecular weight is 492 g/mol. The van der Waals surface area contributed by atoms with Gasteiger partial charge in [-0.25, -0.2) is 17.9 Å². The summed E-state index contributed by atoms with van der Waals surface area (Å²) in [6, 6.07) is 2.86. The minimum atomic E-state index is -3.35. The van der Waals surface area contributed by atoms with Gasteiger partial charge in [-0.05, 0) is 19.8 Å². The Morgan fingerprint density at radius 3 is 2.54 bits per heavy atom. The number of alkyl halides is 2. The molecule has 0 aliphatic carbocycles. The fraction of sp³-hybridized carbons (Fsp3) is 0.458. The molecule has 0 bridgehead atoms. The van der Waals surface area contributed by atoms with E-state index in [0.717, 1.165) is 10.7 Å². The number of ether oxygens (including phenoxy) is 2. The van der Waals surface area contributed by atoms with Gasteiger partial charge in [-0.2, -0.15) is 5.10 Å². The molecule has 0 saturated carbocycles. The first-order valence-corrected chi connectivity index (χ1v) is 11.3. The molecule has 1 aliphatic heterocycles. The Labute approximate surface area is 199 Å². The van der Waals surface area contributed by atoms with E-state index in [-0.39, 0.29) is 28.6 Å². The SMILES string of the molecule is COc1c(=O)n(C2CCOCC2)cc2c(NC(C)c3cccc(C(C)(F)F)c3F)nn(C)c(=O)c12. The van der Waals surface area contributed by atoms with Crippen LogP contribution in [-0.4, -0.2) is 34.7 Å². The number of nitrogens with zero attached hydrogens (tertiary/aromatic N) is 3. The molecule has 1 aliphatic rings. The van der Waals surface area contributed by atoms with Gasteiger partial charge in [0.05, 0.1) is 24.1 Å². The molecule has 1 fully saturated rings. The number of benzene rings is 1. The molecule has 3 aromatic rings. The molecule has 2 aromatic heterocycles. The van der Waals surface area contributed by atoms with Gasteiger partial charge in [0, 0.05) is 45.0 Å². The van der Waals surface area contributed by atoms with Crippen molar-refractivity contribution in [1.82, 2.24) is 14.3 Å². The van der Waals surface area contributed by atoms with Crippen LogP contribution in [0.3, 0.4) is 0 Å². The third kappa shape index (κ3) is 4.52. The number of hydrogen-bond acceptors (Lipinski definition) is 6. The minimum Gasteiger partial charge on any atom is -0.490 e. The molecule has 0 spiro atoms. The van der Waals surface area contributed by atoms with Crippen molar-refractivity contribution in [3.63, 3.8) is 0 Å². The Morgan fingerprint density at radius 1 is 1.23 bits per heavy atom. The Bertz CT molecular complexity index is 1370.